The molecule has 1 aromatic heterocycles. The minimum atomic E-state index is -3.33. The van der Waals surface area contributed by atoms with E-state index in [-0.39, 0.29) is 10.5 Å². The van der Waals surface area contributed by atoms with E-state index in [1.165, 1.54) is 18.2 Å². The van der Waals surface area contributed by atoms with Crippen LogP contribution in [0.1, 0.15) is 10.4 Å². The summed E-state index contributed by atoms with van der Waals surface area (Å²) in [5, 5.41) is 6.61. The number of anilines is 1. The van der Waals surface area contributed by atoms with E-state index >= 15 is 0 Å². The Morgan fingerprint density at radius 1 is 1.32 bits per heavy atom. The Balaban J connectivity index is 2.25. The highest BCUT2D eigenvalue weighted by Crippen LogP contribution is 2.13. The number of carbonyl (C=O) groups excluding carboxylic acids is 1. The third-order valence-electron chi connectivity index (χ3n) is 2.48. The molecule has 100 valence electrons. The molecule has 2 aromatic rings. The average molecular weight is 279 g/mol. The lowest BCUT2D eigenvalue weighted by Gasteiger charge is -2.04. The summed E-state index contributed by atoms with van der Waals surface area (Å²) >= 11 is 0. The smallest absolute Gasteiger partial charge is 0.256 e. The van der Waals surface area contributed by atoms with Crippen molar-refractivity contribution in [2.24, 2.45) is 7.05 Å². The molecule has 1 heterocycles. The van der Waals surface area contributed by atoms with E-state index in [9.17, 15) is 13.2 Å². The molecule has 6 nitrogen and oxygen atoms in total. The summed E-state index contributed by atoms with van der Waals surface area (Å²) in [5.41, 5.74) is 0.272. The predicted molar refractivity (Wildman–Crippen MR) is 70.7 cm³/mol. The Morgan fingerprint density at radius 3 is 2.63 bits per heavy atom. The van der Waals surface area contributed by atoms with E-state index in [1.54, 1.807) is 30.1 Å². The molecule has 0 aliphatic carbocycles. The average Bonchev–Trinajstić information content (AvgIpc) is 2.74. The fraction of sp³-hybridized carbons (Fsp3) is 0.167. The number of sulfone groups is 1. The fourth-order valence-electron chi connectivity index (χ4n) is 1.54. The molecule has 2 rings (SSSR count). The number of aromatic nitrogens is 2. The molecular formula is C12H13N3O3S. The Bertz CT molecular complexity index is 719. The van der Waals surface area contributed by atoms with Crippen LogP contribution in [0.4, 0.5) is 5.82 Å². The lowest BCUT2D eigenvalue weighted by Crippen LogP contribution is -2.13. The van der Waals surface area contributed by atoms with Gasteiger partial charge in [0, 0.05) is 31.1 Å². The van der Waals surface area contributed by atoms with Crippen molar-refractivity contribution in [2.75, 3.05) is 11.6 Å². The molecule has 0 unspecified atom stereocenters. The van der Waals surface area contributed by atoms with Gasteiger partial charge in [0.25, 0.3) is 5.91 Å². The first-order valence-corrected chi connectivity index (χ1v) is 7.36. The highest BCUT2D eigenvalue weighted by atomic mass is 32.2. The van der Waals surface area contributed by atoms with Crippen LogP contribution in [0.25, 0.3) is 0 Å². The van der Waals surface area contributed by atoms with Crippen LogP contribution in [-0.2, 0) is 16.9 Å². The number of hydrogen-bond donors (Lipinski definition) is 1. The van der Waals surface area contributed by atoms with Crippen molar-refractivity contribution >= 4 is 21.6 Å². The summed E-state index contributed by atoms with van der Waals surface area (Å²) in [6.07, 6.45) is 2.80. The number of aryl methyl sites for hydroxylation is 1. The Morgan fingerprint density at radius 2 is 2.05 bits per heavy atom. The van der Waals surface area contributed by atoms with Gasteiger partial charge in [0.15, 0.2) is 15.7 Å². The normalized spacial score (nSPS) is 11.3. The Labute approximate surface area is 111 Å². The maximum atomic E-state index is 11.9. The van der Waals surface area contributed by atoms with Crippen molar-refractivity contribution in [3.05, 3.63) is 42.1 Å². The Kier molecular flexibility index (Phi) is 3.39. The minimum absolute atomic E-state index is 0.112. The van der Waals surface area contributed by atoms with Crippen LogP contribution >= 0.6 is 0 Å². The van der Waals surface area contributed by atoms with Crippen LogP contribution in [0, 0.1) is 0 Å². The van der Waals surface area contributed by atoms with Crippen LogP contribution in [0.3, 0.4) is 0 Å². The summed E-state index contributed by atoms with van der Waals surface area (Å²) in [4.78, 5) is 12.1. The van der Waals surface area contributed by atoms with Crippen molar-refractivity contribution in [1.29, 1.82) is 0 Å². The van der Waals surface area contributed by atoms with Gasteiger partial charge in [-0.1, -0.05) is 6.07 Å². The van der Waals surface area contributed by atoms with Crippen molar-refractivity contribution in [3.8, 4) is 0 Å². The van der Waals surface area contributed by atoms with E-state index in [1.807, 2.05) is 0 Å². The van der Waals surface area contributed by atoms with Crippen molar-refractivity contribution in [3.63, 3.8) is 0 Å². The molecule has 0 saturated heterocycles. The lowest BCUT2D eigenvalue weighted by molar-refractivity contribution is 0.102. The van der Waals surface area contributed by atoms with Gasteiger partial charge in [-0.05, 0) is 18.2 Å². The number of benzene rings is 1. The number of nitrogens with one attached hydrogen (secondary N) is 1. The van der Waals surface area contributed by atoms with Gasteiger partial charge in [-0.3, -0.25) is 9.48 Å². The van der Waals surface area contributed by atoms with Gasteiger partial charge < -0.3 is 5.32 Å². The van der Waals surface area contributed by atoms with E-state index < -0.39 is 15.7 Å². The predicted octanol–water partition coefficient (Wildman–Crippen LogP) is 1.08. The van der Waals surface area contributed by atoms with Gasteiger partial charge in [0.1, 0.15) is 0 Å². The van der Waals surface area contributed by atoms with Crippen molar-refractivity contribution in [2.45, 2.75) is 4.90 Å². The highest BCUT2D eigenvalue weighted by molar-refractivity contribution is 7.90. The van der Waals surface area contributed by atoms with Crippen molar-refractivity contribution < 1.29 is 13.2 Å². The number of hydrogen-bond acceptors (Lipinski definition) is 4. The lowest BCUT2D eigenvalue weighted by atomic mass is 10.2. The fourth-order valence-corrected chi connectivity index (χ4v) is 2.21. The monoisotopic (exact) mass is 279 g/mol. The second-order valence-electron chi connectivity index (χ2n) is 4.13. The molecule has 0 fully saturated rings. The molecule has 1 amide bonds. The minimum Gasteiger partial charge on any atom is -0.305 e. The molecule has 1 aromatic carbocycles. The summed E-state index contributed by atoms with van der Waals surface area (Å²) < 4.78 is 24.4. The third-order valence-corrected chi connectivity index (χ3v) is 3.59. The van der Waals surface area contributed by atoms with Gasteiger partial charge in [-0.2, -0.15) is 5.10 Å². The first-order chi connectivity index (χ1) is 8.86. The summed E-state index contributed by atoms with van der Waals surface area (Å²) in [6.45, 7) is 0. The van der Waals surface area contributed by atoms with Crippen LogP contribution < -0.4 is 5.32 Å². The van der Waals surface area contributed by atoms with Crippen LogP contribution in [0.5, 0.6) is 0 Å². The third kappa shape index (κ3) is 3.19. The maximum absolute atomic E-state index is 11.9. The van der Waals surface area contributed by atoms with Gasteiger partial charge in [-0.25, -0.2) is 8.42 Å². The largest absolute Gasteiger partial charge is 0.305 e. The molecule has 0 radical (unpaired) electrons. The number of rotatable bonds is 3. The first kappa shape index (κ1) is 13.3. The molecule has 0 spiro atoms. The van der Waals surface area contributed by atoms with E-state index in [2.05, 4.69) is 10.4 Å². The zero-order chi connectivity index (χ0) is 14.0. The molecular weight excluding hydrogens is 266 g/mol. The Hall–Kier alpha value is -2.15. The molecule has 0 aliphatic heterocycles. The van der Waals surface area contributed by atoms with Gasteiger partial charge in [-0.15, -0.1) is 0 Å². The molecule has 7 heteroatoms. The number of amides is 1. The maximum Gasteiger partial charge on any atom is 0.256 e. The molecule has 1 N–H and O–H groups in total. The SMILES string of the molecule is Cn1ccc(NC(=O)c2cccc(S(C)(=O)=O)c2)n1. The van der Waals surface area contributed by atoms with Crippen LogP contribution in [-0.4, -0.2) is 30.4 Å². The second-order valence-corrected chi connectivity index (χ2v) is 6.14. The highest BCUT2D eigenvalue weighted by Gasteiger charge is 2.12. The quantitative estimate of drug-likeness (QED) is 0.911. The van der Waals surface area contributed by atoms with Crippen LogP contribution in [0.2, 0.25) is 0 Å². The van der Waals surface area contributed by atoms with Gasteiger partial charge in [0.2, 0.25) is 0 Å². The molecule has 19 heavy (non-hydrogen) atoms. The van der Waals surface area contributed by atoms with Gasteiger partial charge in [0.05, 0.1) is 4.90 Å². The topological polar surface area (TPSA) is 81.1 Å². The summed E-state index contributed by atoms with van der Waals surface area (Å²) in [5.74, 6) is 0.0152. The zero-order valence-corrected chi connectivity index (χ0v) is 11.3. The van der Waals surface area contributed by atoms with E-state index in [4.69, 9.17) is 0 Å². The molecule has 0 bridgehead atoms. The molecule has 0 saturated carbocycles. The molecule has 0 atom stereocenters. The summed E-state index contributed by atoms with van der Waals surface area (Å²) in [6, 6.07) is 7.52. The summed E-state index contributed by atoms with van der Waals surface area (Å²) in [7, 11) is -1.59. The van der Waals surface area contributed by atoms with Gasteiger partial charge >= 0.3 is 0 Å². The molecule has 0 aliphatic rings. The zero-order valence-electron chi connectivity index (χ0n) is 10.5. The van der Waals surface area contributed by atoms with E-state index in [0.717, 1.165) is 6.26 Å². The van der Waals surface area contributed by atoms with Crippen LogP contribution in [0.15, 0.2) is 41.4 Å². The number of nitrogens with zero attached hydrogens (tertiary/aromatic N) is 2. The second kappa shape index (κ2) is 4.85. The standard InChI is InChI=1S/C12H13N3O3S/c1-15-7-6-11(14-15)13-12(16)9-4-3-5-10(8-9)19(2,17)18/h3-8H,1-2H3,(H,13,14,16). The first-order valence-electron chi connectivity index (χ1n) is 5.47. The van der Waals surface area contributed by atoms with Crippen molar-refractivity contribution in [1.82, 2.24) is 9.78 Å². The number of carbonyl (C=O) groups is 1. The van der Waals surface area contributed by atoms with E-state index in [0.29, 0.717) is 5.82 Å².